The van der Waals surface area contributed by atoms with E-state index in [0.717, 1.165) is 22.3 Å². The van der Waals surface area contributed by atoms with Crippen molar-refractivity contribution in [3.63, 3.8) is 0 Å². The van der Waals surface area contributed by atoms with Gasteiger partial charge in [0.2, 0.25) is 17.7 Å². The minimum atomic E-state index is -1.51. The van der Waals surface area contributed by atoms with Gasteiger partial charge >= 0.3 is 0 Å². The summed E-state index contributed by atoms with van der Waals surface area (Å²) in [6.45, 7) is 5.91. The second-order valence-corrected chi connectivity index (χ2v) is 4.87. The van der Waals surface area contributed by atoms with Gasteiger partial charge < -0.3 is 16.8 Å². The van der Waals surface area contributed by atoms with Crippen LogP contribution in [-0.2, 0) is 14.4 Å². The Labute approximate surface area is 123 Å². The Morgan fingerprint density at radius 2 is 1.52 bits per heavy atom. The fourth-order valence-electron chi connectivity index (χ4n) is 1.80. The summed E-state index contributed by atoms with van der Waals surface area (Å²) >= 11 is 0. The normalized spacial score (nSPS) is 10.9. The van der Waals surface area contributed by atoms with E-state index in [-0.39, 0.29) is 0 Å². The first kappa shape index (κ1) is 16.4. The van der Waals surface area contributed by atoms with Gasteiger partial charge in [-0.1, -0.05) is 12.1 Å². The fraction of sp³-hybridized carbons (Fsp3) is 0.267. The van der Waals surface area contributed by atoms with Crippen LogP contribution in [0, 0.1) is 20.8 Å². The van der Waals surface area contributed by atoms with Gasteiger partial charge in [-0.15, -0.1) is 0 Å². The molecule has 6 heteroatoms. The first-order valence-corrected chi connectivity index (χ1v) is 6.37. The van der Waals surface area contributed by atoms with Crippen LogP contribution in [0.4, 0.5) is 0 Å². The second-order valence-electron chi connectivity index (χ2n) is 4.87. The molecular formula is C15H19N3O3. The van der Waals surface area contributed by atoms with Crippen molar-refractivity contribution in [2.75, 3.05) is 0 Å². The van der Waals surface area contributed by atoms with E-state index in [0.29, 0.717) is 0 Å². The van der Waals surface area contributed by atoms with E-state index in [1.807, 2.05) is 32.9 Å². The van der Waals surface area contributed by atoms with Crippen molar-refractivity contribution in [1.82, 2.24) is 5.32 Å². The summed E-state index contributed by atoms with van der Waals surface area (Å²) in [6, 6.07) is 2.46. The molecule has 1 rings (SSSR count). The Balaban J connectivity index is 2.86. The first-order valence-electron chi connectivity index (χ1n) is 6.37. The lowest BCUT2D eigenvalue weighted by Crippen LogP contribution is -2.52. The molecule has 3 amide bonds. The Morgan fingerprint density at radius 1 is 1.00 bits per heavy atom. The lowest BCUT2D eigenvalue weighted by Gasteiger charge is -2.10. The Bertz CT molecular complexity index is 607. The van der Waals surface area contributed by atoms with Gasteiger partial charge in [0, 0.05) is 6.08 Å². The number of hydrogen-bond donors (Lipinski definition) is 3. The largest absolute Gasteiger partial charge is 0.367 e. The van der Waals surface area contributed by atoms with Crippen molar-refractivity contribution >= 4 is 23.8 Å². The highest BCUT2D eigenvalue weighted by Crippen LogP contribution is 2.16. The third kappa shape index (κ3) is 4.45. The third-order valence-electron chi connectivity index (χ3n) is 3.15. The molecule has 112 valence electrons. The van der Waals surface area contributed by atoms with Gasteiger partial charge in [0.1, 0.15) is 0 Å². The van der Waals surface area contributed by atoms with E-state index in [1.54, 1.807) is 6.08 Å². The quantitative estimate of drug-likeness (QED) is 0.526. The highest BCUT2D eigenvalue weighted by molar-refractivity contribution is 6.07. The number of amides is 3. The van der Waals surface area contributed by atoms with E-state index < -0.39 is 23.8 Å². The number of carbonyl (C=O) groups is 3. The van der Waals surface area contributed by atoms with Crippen molar-refractivity contribution in [1.29, 1.82) is 0 Å². The van der Waals surface area contributed by atoms with E-state index in [4.69, 9.17) is 11.5 Å². The van der Waals surface area contributed by atoms with Crippen LogP contribution in [0.5, 0.6) is 0 Å². The molecule has 0 aliphatic carbocycles. The predicted octanol–water partition coefficient (Wildman–Crippen LogP) is 0.0805. The Kier molecular flexibility index (Phi) is 5.24. The molecule has 21 heavy (non-hydrogen) atoms. The van der Waals surface area contributed by atoms with Gasteiger partial charge in [-0.25, -0.2) is 0 Å². The molecule has 0 saturated heterocycles. The van der Waals surface area contributed by atoms with Crippen LogP contribution < -0.4 is 16.8 Å². The number of hydrogen-bond acceptors (Lipinski definition) is 3. The molecule has 0 heterocycles. The number of carbonyl (C=O) groups excluding carboxylic acids is 3. The molecule has 1 aromatic carbocycles. The molecular weight excluding hydrogens is 270 g/mol. The van der Waals surface area contributed by atoms with Gasteiger partial charge in [-0.3, -0.25) is 14.4 Å². The summed E-state index contributed by atoms with van der Waals surface area (Å²) in [7, 11) is 0. The van der Waals surface area contributed by atoms with Crippen LogP contribution in [0.1, 0.15) is 22.3 Å². The van der Waals surface area contributed by atoms with Crippen LogP contribution in [0.2, 0.25) is 0 Å². The molecule has 0 atom stereocenters. The zero-order valence-electron chi connectivity index (χ0n) is 12.3. The van der Waals surface area contributed by atoms with Gasteiger partial charge in [-0.2, -0.15) is 0 Å². The molecule has 0 aliphatic heterocycles. The summed E-state index contributed by atoms with van der Waals surface area (Å²) in [5, 5.41) is 2.16. The van der Waals surface area contributed by atoms with E-state index in [2.05, 4.69) is 5.32 Å². The monoisotopic (exact) mass is 289 g/mol. The molecule has 5 N–H and O–H groups in total. The van der Waals surface area contributed by atoms with Crippen molar-refractivity contribution in [3.05, 3.63) is 40.5 Å². The third-order valence-corrected chi connectivity index (χ3v) is 3.15. The minimum Gasteiger partial charge on any atom is -0.367 e. The van der Waals surface area contributed by atoms with E-state index >= 15 is 0 Å². The fourth-order valence-corrected chi connectivity index (χ4v) is 1.80. The van der Waals surface area contributed by atoms with Crippen molar-refractivity contribution in [2.24, 2.45) is 11.5 Å². The predicted molar refractivity (Wildman–Crippen MR) is 80.0 cm³/mol. The molecule has 6 nitrogen and oxygen atoms in total. The van der Waals surface area contributed by atoms with Crippen molar-refractivity contribution in [3.8, 4) is 0 Å². The molecule has 0 spiro atoms. The van der Waals surface area contributed by atoms with E-state index in [1.165, 1.54) is 6.08 Å². The number of nitrogens with one attached hydrogen (secondary N) is 1. The van der Waals surface area contributed by atoms with Crippen LogP contribution in [0.25, 0.3) is 6.08 Å². The number of aryl methyl sites for hydroxylation is 3. The van der Waals surface area contributed by atoms with Gasteiger partial charge in [-0.05, 0) is 49.1 Å². The maximum absolute atomic E-state index is 11.7. The van der Waals surface area contributed by atoms with Crippen LogP contribution in [-0.4, -0.2) is 23.8 Å². The van der Waals surface area contributed by atoms with Crippen molar-refractivity contribution < 1.29 is 14.4 Å². The average molecular weight is 289 g/mol. The molecule has 0 bridgehead atoms. The Hall–Kier alpha value is -2.63. The van der Waals surface area contributed by atoms with Crippen LogP contribution >= 0.6 is 0 Å². The standard InChI is InChI=1S/C15H19N3O3/c1-8-6-10(3)11(7-9(8)2)4-5-12(19)18-13(14(16)20)15(17)21/h4-7,13H,1-3H3,(H2,16,20)(H2,17,21)(H,18,19)/b5-4+. The maximum Gasteiger partial charge on any atom is 0.249 e. The van der Waals surface area contributed by atoms with Gasteiger partial charge in [0.25, 0.3) is 0 Å². The molecule has 0 aliphatic rings. The first-order chi connectivity index (χ1) is 9.72. The lowest BCUT2D eigenvalue weighted by atomic mass is 10.0. The average Bonchev–Trinajstić information content (AvgIpc) is 2.37. The number of rotatable bonds is 5. The summed E-state index contributed by atoms with van der Waals surface area (Å²) < 4.78 is 0. The van der Waals surface area contributed by atoms with Crippen LogP contribution in [0.15, 0.2) is 18.2 Å². The maximum atomic E-state index is 11.7. The smallest absolute Gasteiger partial charge is 0.249 e. The molecule has 1 aromatic rings. The summed E-state index contributed by atoms with van der Waals surface area (Å²) in [5.41, 5.74) is 14.1. The molecule has 0 fully saturated rings. The highest BCUT2D eigenvalue weighted by Gasteiger charge is 2.22. The molecule has 0 radical (unpaired) electrons. The van der Waals surface area contributed by atoms with Gasteiger partial charge in [0.15, 0.2) is 6.04 Å². The zero-order chi connectivity index (χ0) is 16.2. The van der Waals surface area contributed by atoms with Crippen LogP contribution in [0.3, 0.4) is 0 Å². The summed E-state index contributed by atoms with van der Waals surface area (Å²) in [6.07, 6.45) is 2.84. The summed E-state index contributed by atoms with van der Waals surface area (Å²) in [4.78, 5) is 33.6. The SMILES string of the molecule is Cc1cc(C)c(/C=C/C(=O)NC(C(N)=O)C(N)=O)cc1C. The number of nitrogens with two attached hydrogens (primary N) is 2. The number of primary amides is 2. The van der Waals surface area contributed by atoms with E-state index in [9.17, 15) is 14.4 Å². The molecule has 0 aromatic heterocycles. The molecule has 0 saturated carbocycles. The highest BCUT2D eigenvalue weighted by atomic mass is 16.2. The minimum absolute atomic E-state index is 0.616. The summed E-state index contributed by atoms with van der Waals surface area (Å²) in [5.74, 6) is -2.60. The molecule has 0 unspecified atom stereocenters. The van der Waals surface area contributed by atoms with Gasteiger partial charge in [0.05, 0.1) is 0 Å². The second kappa shape index (κ2) is 6.69. The lowest BCUT2D eigenvalue weighted by molar-refractivity contribution is -0.132. The topological polar surface area (TPSA) is 115 Å². The number of benzene rings is 1. The zero-order valence-corrected chi connectivity index (χ0v) is 12.3. The van der Waals surface area contributed by atoms with Crippen molar-refractivity contribution in [2.45, 2.75) is 26.8 Å². The Morgan fingerprint density at radius 3 is 2.05 bits per heavy atom.